The lowest BCUT2D eigenvalue weighted by Crippen LogP contribution is -2.18. The molecule has 3 aromatic rings. The summed E-state index contributed by atoms with van der Waals surface area (Å²) in [4.78, 5) is 9.85. The maximum Gasteiger partial charge on any atom is 0.123 e. The third-order valence-electron chi connectivity index (χ3n) is 5.51. The van der Waals surface area contributed by atoms with Crippen LogP contribution in [0.2, 0.25) is 0 Å². The van der Waals surface area contributed by atoms with Gasteiger partial charge in [-0.05, 0) is 67.9 Å². The molecule has 3 aromatic carbocycles. The average Bonchev–Trinajstić information content (AvgIpc) is 2.82. The second kappa shape index (κ2) is 8.87. The van der Waals surface area contributed by atoms with Gasteiger partial charge < -0.3 is 9.88 Å². The topological polar surface area (TPSA) is 42.2 Å². The molecule has 5 rings (SSSR count). The summed E-state index contributed by atoms with van der Waals surface area (Å²) < 4.78 is 15.5. The van der Waals surface area contributed by atoms with Gasteiger partial charge in [-0.25, -0.2) is 9.37 Å². The van der Waals surface area contributed by atoms with Crippen molar-refractivity contribution in [2.24, 2.45) is 4.99 Å². The number of anilines is 1. The molecule has 1 aliphatic carbocycles. The normalized spacial score (nSPS) is 12.1. The smallest absolute Gasteiger partial charge is 0.123 e. The van der Waals surface area contributed by atoms with E-state index in [0.29, 0.717) is 6.54 Å². The van der Waals surface area contributed by atoms with Crippen LogP contribution in [0.15, 0.2) is 96.0 Å². The molecule has 1 heterocycles. The standard InChI is InChI=1S/C28H25FN4/c1-19(2)31-25-17-28-26(16-24(25)30-18-20-12-14-21(29)15-13-20)32-23-10-6-7-11-27(23)33(28)22-8-4-3-5-9-22/h3-17,19,30H,18H2,1-2H3. The largest absolute Gasteiger partial charge is 0.379 e. The molecule has 0 spiro atoms. The molecule has 0 saturated carbocycles. The number of nitrogens with one attached hydrogen (secondary N) is 1. The van der Waals surface area contributed by atoms with E-state index >= 15 is 0 Å². The average molecular weight is 437 g/mol. The molecule has 0 radical (unpaired) electrons. The minimum atomic E-state index is -0.235. The van der Waals surface area contributed by atoms with Crippen molar-refractivity contribution in [3.63, 3.8) is 0 Å². The summed E-state index contributed by atoms with van der Waals surface area (Å²) in [7, 11) is 0. The summed E-state index contributed by atoms with van der Waals surface area (Å²) in [6.07, 6.45) is 0. The molecule has 0 saturated heterocycles. The van der Waals surface area contributed by atoms with Crippen LogP contribution >= 0.6 is 0 Å². The molecule has 0 unspecified atom stereocenters. The van der Waals surface area contributed by atoms with Crippen molar-refractivity contribution in [2.75, 3.05) is 5.32 Å². The zero-order chi connectivity index (χ0) is 22.8. The van der Waals surface area contributed by atoms with Crippen LogP contribution in [-0.2, 0) is 6.54 Å². The maximum absolute atomic E-state index is 13.3. The zero-order valence-corrected chi connectivity index (χ0v) is 18.7. The van der Waals surface area contributed by atoms with Gasteiger partial charge in [0.05, 0.1) is 33.5 Å². The van der Waals surface area contributed by atoms with E-state index in [1.807, 2.05) is 36.4 Å². The summed E-state index contributed by atoms with van der Waals surface area (Å²) in [6, 6.07) is 29.3. The van der Waals surface area contributed by atoms with E-state index in [4.69, 9.17) is 9.98 Å². The fourth-order valence-electron chi connectivity index (χ4n) is 4.02. The van der Waals surface area contributed by atoms with Crippen molar-refractivity contribution < 1.29 is 4.39 Å². The highest BCUT2D eigenvalue weighted by atomic mass is 19.1. The molecule has 5 heteroatoms. The third kappa shape index (κ3) is 4.35. The number of fused-ring (bicyclic) bond motifs is 2. The Bertz CT molecular complexity index is 1440. The number of hydrogen-bond donors (Lipinski definition) is 1. The van der Waals surface area contributed by atoms with Gasteiger partial charge in [-0.3, -0.25) is 4.99 Å². The second-order valence-corrected chi connectivity index (χ2v) is 8.33. The van der Waals surface area contributed by atoms with Crippen molar-refractivity contribution in [1.29, 1.82) is 0 Å². The van der Waals surface area contributed by atoms with Gasteiger partial charge in [0, 0.05) is 18.3 Å². The fraction of sp³-hybridized carbons (Fsp3) is 0.143. The Hall–Kier alpha value is -3.99. The van der Waals surface area contributed by atoms with Gasteiger partial charge in [-0.2, -0.15) is 0 Å². The Morgan fingerprint density at radius 2 is 1.64 bits per heavy atom. The highest BCUT2D eigenvalue weighted by molar-refractivity contribution is 5.83. The van der Waals surface area contributed by atoms with Crippen LogP contribution in [0.5, 0.6) is 0 Å². The highest BCUT2D eigenvalue weighted by Gasteiger charge is 2.16. The first-order valence-corrected chi connectivity index (χ1v) is 11.1. The van der Waals surface area contributed by atoms with Crippen molar-refractivity contribution >= 4 is 16.7 Å². The summed E-state index contributed by atoms with van der Waals surface area (Å²) >= 11 is 0. The quantitative estimate of drug-likeness (QED) is 0.334. The fourth-order valence-corrected chi connectivity index (χ4v) is 4.02. The van der Waals surface area contributed by atoms with E-state index < -0.39 is 0 Å². The summed E-state index contributed by atoms with van der Waals surface area (Å²) in [5, 5.41) is 4.36. The maximum atomic E-state index is 13.3. The van der Waals surface area contributed by atoms with E-state index in [9.17, 15) is 4.39 Å². The molecule has 33 heavy (non-hydrogen) atoms. The van der Waals surface area contributed by atoms with E-state index in [0.717, 1.165) is 44.7 Å². The van der Waals surface area contributed by atoms with Crippen LogP contribution in [0.4, 0.5) is 10.1 Å². The van der Waals surface area contributed by atoms with Crippen LogP contribution in [0.25, 0.3) is 28.1 Å². The van der Waals surface area contributed by atoms with Crippen LogP contribution in [0.1, 0.15) is 19.4 Å². The molecule has 1 N–H and O–H groups in total. The molecule has 4 nitrogen and oxygen atoms in total. The number of hydrogen-bond acceptors (Lipinski definition) is 3. The first kappa shape index (κ1) is 20.9. The SMILES string of the molecule is CC(C)N=c1cc2n(-c3ccccc3)c3ccccc3nc-2cc1NCc1ccc(F)cc1. The lowest BCUT2D eigenvalue weighted by atomic mass is 10.1. The Kier molecular flexibility index (Phi) is 5.61. The van der Waals surface area contributed by atoms with Crippen LogP contribution < -0.4 is 10.7 Å². The predicted molar refractivity (Wildman–Crippen MR) is 132 cm³/mol. The van der Waals surface area contributed by atoms with Crippen LogP contribution in [-0.4, -0.2) is 15.6 Å². The molecule has 0 atom stereocenters. The van der Waals surface area contributed by atoms with Crippen molar-refractivity contribution in [1.82, 2.24) is 9.55 Å². The first-order chi connectivity index (χ1) is 16.1. The van der Waals surface area contributed by atoms with Gasteiger partial charge in [0.2, 0.25) is 0 Å². The molecular weight excluding hydrogens is 411 g/mol. The summed E-state index contributed by atoms with van der Waals surface area (Å²) in [5.41, 5.74) is 6.81. The second-order valence-electron chi connectivity index (χ2n) is 8.33. The molecule has 0 aromatic heterocycles. The third-order valence-corrected chi connectivity index (χ3v) is 5.51. The Morgan fingerprint density at radius 1 is 0.909 bits per heavy atom. The number of para-hydroxylation sites is 3. The Balaban J connectivity index is 1.71. The van der Waals surface area contributed by atoms with E-state index in [1.54, 1.807) is 12.1 Å². The number of nitrogens with zero attached hydrogens (tertiary/aromatic N) is 3. The molecule has 0 bridgehead atoms. The van der Waals surface area contributed by atoms with Gasteiger partial charge in [-0.1, -0.05) is 42.5 Å². The van der Waals surface area contributed by atoms with Crippen LogP contribution in [0, 0.1) is 5.82 Å². The molecule has 164 valence electrons. The minimum absolute atomic E-state index is 0.132. The molecule has 2 aliphatic rings. The van der Waals surface area contributed by atoms with Gasteiger partial charge in [-0.15, -0.1) is 0 Å². The van der Waals surface area contributed by atoms with Crippen molar-refractivity contribution in [3.05, 3.63) is 108 Å². The first-order valence-electron chi connectivity index (χ1n) is 11.1. The molecule has 0 amide bonds. The number of aromatic nitrogens is 2. The van der Waals surface area contributed by atoms with Gasteiger partial charge >= 0.3 is 0 Å². The predicted octanol–water partition coefficient (Wildman–Crippen LogP) is 6.19. The Labute approximate surface area is 192 Å². The Morgan fingerprint density at radius 3 is 2.39 bits per heavy atom. The molecule has 1 aliphatic heterocycles. The number of benzene rings is 4. The monoisotopic (exact) mass is 436 g/mol. The zero-order valence-electron chi connectivity index (χ0n) is 18.7. The van der Waals surface area contributed by atoms with E-state index in [2.05, 4.69) is 54.1 Å². The number of rotatable bonds is 5. The van der Waals surface area contributed by atoms with Gasteiger partial charge in [0.15, 0.2) is 0 Å². The van der Waals surface area contributed by atoms with E-state index in [1.165, 1.54) is 12.1 Å². The van der Waals surface area contributed by atoms with Crippen LogP contribution in [0.3, 0.4) is 0 Å². The lowest BCUT2D eigenvalue weighted by Gasteiger charge is -2.20. The van der Waals surface area contributed by atoms with Gasteiger partial charge in [0.25, 0.3) is 0 Å². The lowest BCUT2D eigenvalue weighted by molar-refractivity contribution is 0.627. The molecular formula is C28H25FN4. The number of halogens is 1. The summed E-state index contributed by atoms with van der Waals surface area (Å²) in [5.74, 6) is -0.235. The van der Waals surface area contributed by atoms with Crippen molar-refractivity contribution in [2.45, 2.75) is 26.4 Å². The van der Waals surface area contributed by atoms with E-state index in [-0.39, 0.29) is 11.9 Å². The van der Waals surface area contributed by atoms with Crippen molar-refractivity contribution in [3.8, 4) is 17.1 Å². The van der Waals surface area contributed by atoms with Gasteiger partial charge in [0.1, 0.15) is 5.82 Å². The highest BCUT2D eigenvalue weighted by Crippen LogP contribution is 2.29. The molecule has 0 fully saturated rings. The summed E-state index contributed by atoms with van der Waals surface area (Å²) in [6.45, 7) is 4.70. The minimum Gasteiger partial charge on any atom is -0.379 e.